The van der Waals surface area contributed by atoms with Gasteiger partial charge in [-0.15, -0.1) is 0 Å². The maximum atomic E-state index is 10.8. The number of carbonyl (C=O) groups excluding carboxylic acids is 1. The first-order valence-electron chi connectivity index (χ1n) is 5.32. The van der Waals surface area contributed by atoms with Crippen molar-refractivity contribution in [2.24, 2.45) is 5.10 Å². The summed E-state index contributed by atoms with van der Waals surface area (Å²) in [6.45, 7) is 0. The highest BCUT2D eigenvalue weighted by Gasteiger charge is 2.02. The fraction of sp³-hybridized carbons (Fsp3) is 0.0769. The molecular weight excluding hydrogens is 232 g/mol. The van der Waals surface area contributed by atoms with Crippen LogP contribution in [-0.4, -0.2) is 19.4 Å². The van der Waals surface area contributed by atoms with E-state index in [4.69, 9.17) is 4.42 Å². The lowest BCUT2D eigenvalue weighted by atomic mass is 10.2. The summed E-state index contributed by atoms with van der Waals surface area (Å²) in [5.74, 6) is 1.29. The van der Waals surface area contributed by atoms with Crippen molar-refractivity contribution in [1.82, 2.24) is 5.43 Å². The lowest BCUT2D eigenvalue weighted by Crippen LogP contribution is -2.16. The van der Waals surface area contributed by atoms with Crippen molar-refractivity contribution in [3.63, 3.8) is 0 Å². The number of hydrogen-bond acceptors (Lipinski definition) is 4. The normalized spacial score (nSPS) is 10.5. The molecule has 1 aromatic carbocycles. The van der Waals surface area contributed by atoms with Gasteiger partial charge in [-0.25, -0.2) is 10.2 Å². The fourth-order valence-corrected chi connectivity index (χ4v) is 1.37. The quantitative estimate of drug-likeness (QED) is 0.666. The van der Waals surface area contributed by atoms with Crippen LogP contribution >= 0.6 is 0 Å². The van der Waals surface area contributed by atoms with Gasteiger partial charge >= 0.3 is 6.09 Å². The number of rotatable bonds is 3. The summed E-state index contributed by atoms with van der Waals surface area (Å²) in [7, 11) is 1.27. The van der Waals surface area contributed by atoms with E-state index >= 15 is 0 Å². The maximum Gasteiger partial charge on any atom is 0.427 e. The summed E-state index contributed by atoms with van der Waals surface area (Å²) in [6.07, 6.45) is 0.782. The first-order chi connectivity index (χ1) is 8.79. The van der Waals surface area contributed by atoms with Crippen LogP contribution in [0.5, 0.6) is 0 Å². The van der Waals surface area contributed by atoms with Gasteiger partial charge in [0.05, 0.1) is 13.3 Å². The van der Waals surface area contributed by atoms with Crippen LogP contribution in [0.3, 0.4) is 0 Å². The van der Waals surface area contributed by atoms with Gasteiger partial charge < -0.3 is 9.15 Å². The minimum Gasteiger partial charge on any atom is -0.455 e. The molecule has 1 amide bonds. The van der Waals surface area contributed by atoms with E-state index in [2.05, 4.69) is 15.3 Å². The van der Waals surface area contributed by atoms with Crippen LogP contribution in [0.1, 0.15) is 5.76 Å². The van der Waals surface area contributed by atoms with Crippen LogP contribution in [-0.2, 0) is 4.74 Å². The van der Waals surface area contributed by atoms with E-state index in [0.29, 0.717) is 5.76 Å². The van der Waals surface area contributed by atoms with Crippen molar-refractivity contribution in [3.8, 4) is 11.3 Å². The summed E-state index contributed by atoms with van der Waals surface area (Å²) in [5.41, 5.74) is 3.16. The first-order valence-corrected chi connectivity index (χ1v) is 5.32. The van der Waals surface area contributed by atoms with Crippen LogP contribution in [0, 0.1) is 0 Å². The predicted molar refractivity (Wildman–Crippen MR) is 67.3 cm³/mol. The largest absolute Gasteiger partial charge is 0.455 e. The van der Waals surface area contributed by atoms with E-state index in [1.807, 2.05) is 36.4 Å². The molecule has 0 saturated heterocycles. The van der Waals surface area contributed by atoms with Crippen molar-refractivity contribution in [1.29, 1.82) is 0 Å². The fourth-order valence-electron chi connectivity index (χ4n) is 1.37. The zero-order chi connectivity index (χ0) is 12.8. The number of carbonyl (C=O) groups is 1. The molecule has 0 unspecified atom stereocenters. The van der Waals surface area contributed by atoms with Crippen LogP contribution < -0.4 is 5.43 Å². The van der Waals surface area contributed by atoms with E-state index in [1.165, 1.54) is 13.3 Å². The number of methoxy groups -OCH3 is 1. The van der Waals surface area contributed by atoms with Gasteiger partial charge in [-0.3, -0.25) is 0 Å². The summed E-state index contributed by atoms with van der Waals surface area (Å²) in [4.78, 5) is 10.8. The number of nitrogens with one attached hydrogen (secondary N) is 1. The van der Waals surface area contributed by atoms with Crippen LogP contribution in [0.2, 0.25) is 0 Å². The molecule has 0 radical (unpaired) electrons. The number of benzene rings is 1. The Morgan fingerprint density at radius 1 is 1.28 bits per heavy atom. The predicted octanol–water partition coefficient (Wildman–Crippen LogP) is 2.64. The van der Waals surface area contributed by atoms with Gasteiger partial charge in [0, 0.05) is 5.56 Å². The molecule has 18 heavy (non-hydrogen) atoms. The molecule has 92 valence electrons. The second-order valence-corrected chi connectivity index (χ2v) is 3.43. The van der Waals surface area contributed by atoms with Crippen molar-refractivity contribution in [2.75, 3.05) is 7.11 Å². The van der Waals surface area contributed by atoms with E-state index in [9.17, 15) is 4.79 Å². The Morgan fingerprint density at radius 2 is 2.06 bits per heavy atom. The molecule has 1 N–H and O–H groups in total. The van der Waals surface area contributed by atoms with Gasteiger partial charge in [-0.05, 0) is 12.1 Å². The Kier molecular flexibility index (Phi) is 3.76. The molecule has 2 aromatic rings. The lowest BCUT2D eigenvalue weighted by Gasteiger charge is -1.95. The van der Waals surface area contributed by atoms with Crippen LogP contribution in [0.15, 0.2) is 52.0 Å². The Morgan fingerprint density at radius 3 is 2.78 bits per heavy atom. The Labute approximate surface area is 104 Å². The minimum atomic E-state index is -0.624. The van der Waals surface area contributed by atoms with E-state index in [-0.39, 0.29) is 0 Å². The summed E-state index contributed by atoms with van der Waals surface area (Å²) in [5, 5.41) is 3.68. The van der Waals surface area contributed by atoms with E-state index < -0.39 is 6.09 Å². The molecule has 0 aliphatic rings. The molecule has 2 rings (SSSR count). The molecule has 1 heterocycles. The number of hydrazone groups is 1. The monoisotopic (exact) mass is 244 g/mol. The van der Waals surface area contributed by atoms with Crippen molar-refractivity contribution in [2.45, 2.75) is 0 Å². The van der Waals surface area contributed by atoms with Crippen LogP contribution in [0.25, 0.3) is 11.3 Å². The number of hydrogen-bond donors (Lipinski definition) is 1. The third-order valence-electron chi connectivity index (χ3n) is 2.22. The number of furan rings is 1. The Hall–Kier alpha value is -2.56. The Balaban J connectivity index is 2.05. The average molecular weight is 244 g/mol. The second kappa shape index (κ2) is 5.67. The maximum absolute atomic E-state index is 10.8. The van der Waals surface area contributed by atoms with E-state index in [0.717, 1.165) is 11.3 Å². The molecule has 5 heteroatoms. The highest BCUT2D eigenvalue weighted by molar-refractivity contribution is 5.78. The first kappa shape index (κ1) is 11.9. The number of amides is 1. The third kappa shape index (κ3) is 2.98. The van der Waals surface area contributed by atoms with Crippen LogP contribution in [0.4, 0.5) is 4.79 Å². The highest BCUT2D eigenvalue weighted by atomic mass is 16.5. The van der Waals surface area contributed by atoms with Crippen molar-refractivity contribution < 1.29 is 13.9 Å². The average Bonchev–Trinajstić information content (AvgIpc) is 2.88. The molecule has 0 atom stereocenters. The molecule has 0 aliphatic heterocycles. The standard InChI is InChI=1S/C13H12N2O3/c1-17-13(16)15-14-9-11-7-8-12(18-11)10-5-3-2-4-6-10/h2-9H,1H3,(H,15,16). The molecule has 1 aromatic heterocycles. The van der Waals surface area contributed by atoms with Gasteiger partial charge in [0.1, 0.15) is 11.5 Å². The minimum absolute atomic E-state index is 0.547. The Bertz CT molecular complexity index is 546. The van der Waals surface area contributed by atoms with Gasteiger partial charge in [0.15, 0.2) is 0 Å². The van der Waals surface area contributed by atoms with E-state index in [1.54, 1.807) is 6.07 Å². The molecule has 5 nitrogen and oxygen atoms in total. The lowest BCUT2D eigenvalue weighted by molar-refractivity contribution is 0.171. The zero-order valence-corrected chi connectivity index (χ0v) is 9.79. The summed E-state index contributed by atoms with van der Waals surface area (Å²) >= 11 is 0. The van der Waals surface area contributed by atoms with Gasteiger partial charge in [0.2, 0.25) is 0 Å². The topological polar surface area (TPSA) is 63.8 Å². The number of ether oxygens (including phenoxy) is 1. The highest BCUT2D eigenvalue weighted by Crippen LogP contribution is 2.20. The third-order valence-corrected chi connectivity index (χ3v) is 2.22. The molecule has 0 aliphatic carbocycles. The smallest absolute Gasteiger partial charge is 0.427 e. The SMILES string of the molecule is COC(=O)NN=Cc1ccc(-c2ccccc2)o1. The molecule has 0 spiro atoms. The molecule has 0 saturated carbocycles. The number of nitrogens with zero attached hydrogens (tertiary/aromatic N) is 1. The molecule has 0 bridgehead atoms. The summed E-state index contributed by atoms with van der Waals surface area (Å²) in [6, 6.07) is 13.3. The van der Waals surface area contributed by atoms with Gasteiger partial charge in [-0.2, -0.15) is 5.10 Å². The van der Waals surface area contributed by atoms with Gasteiger partial charge in [-0.1, -0.05) is 30.3 Å². The zero-order valence-electron chi connectivity index (χ0n) is 9.79. The van der Waals surface area contributed by atoms with Gasteiger partial charge in [0.25, 0.3) is 0 Å². The van der Waals surface area contributed by atoms with Crippen molar-refractivity contribution in [3.05, 3.63) is 48.2 Å². The van der Waals surface area contributed by atoms with Crippen molar-refractivity contribution >= 4 is 12.3 Å². The summed E-state index contributed by atoms with van der Waals surface area (Å²) < 4.78 is 9.91. The second-order valence-electron chi connectivity index (χ2n) is 3.43. The molecular formula is C13H12N2O3. The molecule has 0 fully saturated rings.